The number of phenolic OH excluding ortho intramolecular Hbond substituents is 1. The van der Waals surface area contributed by atoms with Gasteiger partial charge in [0.1, 0.15) is 5.75 Å². The average Bonchev–Trinajstić information content (AvgIpc) is 2.41. The van der Waals surface area contributed by atoms with E-state index in [4.69, 9.17) is 0 Å². The van der Waals surface area contributed by atoms with Crippen LogP contribution in [0, 0.1) is 13.8 Å². The van der Waals surface area contributed by atoms with E-state index in [9.17, 15) is 9.90 Å². The summed E-state index contributed by atoms with van der Waals surface area (Å²) in [5, 5.41) is 10.3. The number of carbonyl (C=O) groups excluding carboxylic acids is 1. The summed E-state index contributed by atoms with van der Waals surface area (Å²) in [4.78, 5) is 14.6. The van der Waals surface area contributed by atoms with Crippen LogP contribution in [0.2, 0.25) is 0 Å². The number of rotatable bonds is 1. The summed E-state index contributed by atoms with van der Waals surface area (Å²) >= 11 is 0. The van der Waals surface area contributed by atoms with Crippen LogP contribution in [0.25, 0.3) is 10.9 Å². The van der Waals surface area contributed by atoms with Crippen molar-refractivity contribution in [2.45, 2.75) is 20.8 Å². The molecule has 78 valence electrons. The number of carbonyl (C=O) groups is 1. The largest absolute Gasteiger partial charge is 0.508 e. The van der Waals surface area contributed by atoms with Crippen molar-refractivity contribution in [3.63, 3.8) is 0 Å². The van der Waals surface area contributed by atoms with Gasteiger partial charge in [0.2, 0.25) is 0 Å². The van der Waals surface area contributed by atoms with Crippen molar-refractivity contribution in [2.24, 2.45) is 0 Å². The zero-order chi connectivity index (χ0) is 11.2. The summed E-state index contributed by atoms with van der Waals surface area (Å²) in [6, 6.07) is 3.31. The van der Waals surface area contributed by atoms with Crippen LogP contribution in [-0.2, 0) is 0 Å². The van der Waals surface area contributed by atoms with E-state index in [2.05, 4.69) is 4.98 Å². The smallest absolute Gasteiger partial charge is 0.162 e. The monoisotopic (exact) mass is 203 g/mol. The van der Waals surface area contributed by atoms with E-state index in [1.807, 2.05) is 13.8 Å². The number of hydrogen-bond donors (Lipinski definition) is 2. The molecule has 1 aromatic carbocycles. The normalized spacial score (nSPS) is 10.9. The van der Waals surface area contributed by atoms with E-state index >= 15 is 0 Å². The fraction of sp³-hybridized carbons (Fsp3) is 0.250. The number of phenols is 1. The summed E-state index contributed by atoms with van der Waals surface area (Å²) in [6.07, 6.45) is 0. The zero-order valence-corrected chi connectivity index (χ0v) is 9.01. The number of aryl methyl sites for hydroxylation is 2. The number of fused-ring (bicyclic) bond motifs is 1. The lowest BCUT2D eigenvalue weighted by Crippen LogP contribution is -1.92. The number of H-pyrrole nitrogens is 1. The maximum Gasteiger partial charge on any atom is 0.162 e. The van der Waals surface area contributed by atoms with Gasteiger partial charge in [-0.2, -0.15) is 0 Å². The maximum atomic E-state index is 11.5. The van der Waals surface area contributed by atoms with Gasteiger partial charge in [-0.3, -0.25) is 4.79 Å². The minimum absolute atomic E-state index is 0.0174. The molecule has 0 amide bonds. The van der Waals surface area contributed by atoms with Crippen LogP contribution >= 0.6 is 0 Å². The van der Waals surface area contributed by atoms with Gasteiger partial charge >= 0.3 is 0 Å². The Morgan fingerprint density at radius 2 is 2.00 bits per heavy atom. The van der Waals surface area contributed by atoms with Crippen molar-refractivity contribution in [3.05, 3.63) is 29.0 Å². The predicted octanol–water partition coefficient (Wildman–Crippen LogP) is 2.69. The molecule has 0 fully saturated rings. The second-order valence-corrected chi connectivity index (χ2v) is 3.87. The van der Waals surface area contributed by atoms with Crippen molar-refractivity contribution in [1.29, 1.82) is 0 Å². The molecule has 3 heteroatoms. The first-order chi connectivity index (χ1) is 7.00. The number of nitrogens with one attached hydrogen (secondary N) is 1. The summed E-state index contributed by atoms with van der Waals surface area (Å²) < 4.78 is 0. The molecule has 0 spiro atoms. The average molecular weight is 203 g/mol. The highest BCUT2D eigenvalue weighted by molar-refractivity contribution is 6.09. The van der Waals surface area contributed by atoms with E-state index in [1.54, 1.807) is 12.1 Å². The van der Waals surface area contributed by atoms with E-state index in [-0.39, 0.29) is 11.5 Å². The van der Waals surface area contributed by atoms with Crippen molar-refractivity contribution < 1.29 is 9.90 Å². The summed E-state index contributed by atoms with van der Waals surface area (Å²) in [5.41, 5.74) is 3.39. The van der Waals surface area contributed by atoms with Crippen molar-refractivity contribution in [3.8, 4) is 5.75 Å². The van der Waals surface area contributed by atoms with Gasteiger partial charge in [0.05, 0.1) is 0 Å². The molecule has 0 bridgehead atoms. The van der Waals surface area contributed by atoms with Crippen molar-refractivity contribution in [2.75, 3.05) is 0 Å². The quantitative estimate of drug-likeness (QED) is 0.700. The van der Waals surface area contributed by atoms with Crippen LogP contribution in [-0.4, -0.2) is 15.9 Å². The Kier molecular flexibility index (Phi) is 2.03. The van der Waals surface area contributed by atoms with E-state index in [0.29, 0.717) is 5.56 Å². The van der Waals surface area contributed by atoms with E-state index in [1.165, 1.54) is 6.92 Å². The molecule has 0 aliphatic carbocycles. The first-order valence-electron chi connectivity index (χ1n) is 4.83. The van der Waals surface area contributed by atoms with Gasteiger partial charge in [-0.05, 0) is 38.5 Å². The lowest BCUT2D eigenvalue weighted by atomic mass is 10.1. The lowest BCUT2D eigenvalue weighted by molar-refractivity contribution is 0.101. The first-order valence-corrected chi connectivity index (χ1v) is 4.83. The second kappa shape index (κ2) is 3.12. The second-order valence-electron chi connectivity index (χ2n) is 3.87. The Bertz CT molecular complexity index is 552. The van der Waals surface area contributed by atoms with Gasteiger partial charge in [0, 0.05) is 22.2 Å². The molecule has 0 aliphatic heterocycles. The topological polar surface area (TPSA) is 53.1 Å². The molecular weight excluding hydrogens is 190 g/mol. The van der Waals surface area contributed by atoms with Crippen molar-refractivity contribution >= 4 is 16.7 Å². The molecule has 15 heavy (non-hydrogen) atoms. The number of hydrogen-bond acceptors (Lipinski definition) is 2. The maximum absolute atomic E-state index is 11.5. The van der Waals surface area contributed by atoms with Gasteiger partial charge in [0.15, 0.2) is 5.78 Å². The molecular formula is C12H13NO2. The molecule has 3 nitrogen and oxygen atoms in total. The fourth-order valence-corrected chi connectivity index (χ4v) is 2.04. The third kappa shape index (κ3) is 1.40. The third-order valence-electron chi connectivity index (χ3n) is 2.63. The highest BCUT2D eigenvalue weighted by Gasteiger charge is 2.14. The van der Waals surface area contributed by atoms with Crippen LogP contribution < -0.4 is 0 Å². The van der Waals surface area contributed by atoms with Gasteiger partial charge in [0.25, 0.3) is 0 Å². The van der Waals surface area contributed by atoms with E-state index in [0.717, 1.165) is 22.2 Å². The summed E-state index contributed by atoms with van der Waals surface area (Å²) in [6.45, 7) is 5.31. The van der Waals surface area contributed by atoms with Crippen LogP contribution in [0.5, 0.6) is 5.75 Å². The Labute approximate surface area is 87.7 Å². The van der Waals surface area contributed by atoms with Crippen LogP contribution in [0.1, 0.15) is 28.5 Å². The standard InChI is InChI=1S/C12H13NO2/c1-6-4-9(15)5-10-11(8(3)14)7(2)13-12(6)10/h4-5,13,15H,1-3H3. The van der Waals surface area contributed by atoms with Crippen LogP contribution in [0.15, 0.2) is 12.1 Å². The minimum atomic E-state index is 0.0174. The molecule has 0 saturated carbocycles. The molecule has 1 heterocycles. The van der Waals surface area contributed by atoms with Gasteiger partial charge in [-0.25, -0.2) is 0 Å². The van der Waals surface area contributed by atoms with Gasteiger partial charge in [-0.1, -0.05) is 0 Å². The highest BCUT2D eigenvalue weighted by Crippen LogP contribution is 2.28. The van der Waals surface area contributed by atoms with Crippen LogP contribution in [0.4, 0.5) is 0 Å². The molecule has 2 rings (SSSR count). The summed E-state index contributed by atoms with van der Waals surface area (Å²) in [7, 11) is 0. The molecule has 0 aliphatic rings. The number of aromatic hydroxyl groups is 1. The molecule has 1 aromatic heterocycles. The lowest BCUT2D eigenvalue weighted by Gasteiger charge is -1.99. The van der Waals surface area contributed by atoms with Crippen molar-refractivity contribution in [1.82, 2.24) is 4.98 Å². The number of aromatic amines is 1. The molecule has 0 unspecified atom stereocenters. The van der Waals surface area contributed by atoms with Crippen LogP contribution in [0.3, 0.4) is 0 Å². The third-order valence-corrected chi connectivity index (χ3v) is 2.63. The Morgan fingerprint density at radius 3 is 2.60 bits per heavy atom. The van der Waals surface area contributed by atoms with Gasteiger partial charge < -0.3 is 10.1 Å². The fourth-order valence-electron chi connectivity index (χ4n) is 2.04. The molecule has 2 N–H and O–H groups in total. The Hall–Kier alpha value is -1.77. The highest BCUT2D eigenvalue weighted by atomic mass is 16.3. The Balaban J connectivity index is 2.93. The zero-order valence-electron chi connectivity index (χ0n) is 9.01. The first kappa shape index (κ1) is 9.77. The van der Waals surface area contributed by atoms with Gasteiger partial charge in [-0.15, -0.1) is 0 Å². The number of ketones is 1. The van der Waals surface area contributed by atoms with E-state index < -0.39 is 0 Å². The molecule has 0 atom stereocenters. The predicted molar refractivity (Wildman–Crippen MR) is 59.4 cm³/mol. The SMILES string of the molecule is CC(=O)c1c(C)[nH]c2c(C)cc(O)cc12. The molecule has 0 radical (unpaired) electrons. The Morgan fingerprint density at radius 1 is 1.33 bits per heavy atom. The molecule has 0 saturated heterocycles. The number of Topliss-reactive ketones (excluding diaryl/α,β-unsaturated/α-hetero) is 1. The minimum Gasteiger partial charge on any atom is -0.508 e. The summed E-state index contributed by atoms with van der Waals surface area (Å²) in [5.74, 6) is 0.213. The molecule has 2 aromatic rings. The number of aromatic nitrogens is 1. The number of benzene rings is 1.